The lowest BCUT2D eigenvalue weighted by Gasteiger charge is -2.27. The molecule has 1 atom stereocenters. The van der Waals surface area contributed by atoms with Gasteiger partial charge in [-0.25, -0.2) is 0 Å². The zero-order valence-electron chi connectivity index (χ0n) is 12.1. The van der Waals surface area contributed by atoms with Gasteiger partial charge in [0.1, 0.15) is 0 Å². The highest BCUT2D eigenvalue weighted by atomic mass is 32.1. The van der Waals surface area contributed by atoms with E-state index in [1.807, 2.05) is 0 Å². The van der Waals surface area contributed by atoms with Crippen molar-refractivity contribution in [2.45, 2.75) is 25.7 Å². The molecule has 1 unspecified atom stereocenters. The summed E-state index contributed by atoms with van der Waals surface area (Å²) in [5, 5.41) is 9.45. The van der Waals surface area contributed by atoms with E-state index in [4.69, 9.17) is 5.73 Å². The first-order valence-corrected chi connectivity index (χ1v) is 7.62. The molecule has 1 aromatic carbocycles. The van der Waals surface area contributed by atoms with Crippen LogP contribution in [0.4, 0.5) is 10.3 Å². The standard InChI is InChI=1S/C15H20N4S/c1-14(2)9-15(14,11-7-5-4-6-8-11)10-19(3)13-18-17-12(16)20-13/h4-8H,9-10H2,1-3H3,(H2,16,17). The minimum atomic E-state index is 0.198. The van der Waals surface area contributed by atoms with Crippen LogP contribution in [0.2, 0.25) is 0 Å². The predicted molar refractivity (Wildman–Crippen MR) is 84.1 cm³/mol. The third-order valence-electron chi connectivity index (χ3n) is 4.50. The lowest BCUT2D eigenvalue weighted by molar-refractivity contribution is 0.494. The number of hydrogen-bond acceptors (Lipinski definition) is 5. The zero-order chi connectivity index (χ0) is 14.4. The van der Waals surface area contributed by atoms with Gasteiger partial charge in [0, 0.05) is 19.0 Å². The van der Waals surface area contributed by atoms with Gasteiger partial charge in [0.2, 0.25) is 10.3 Å². The summed E-state index contributed by atoms with van der Waals surface area (Å²) in [6.07, 6.45) is 1.20. The van der Waals surface area contributed by atoms with Crippen molar-refractivity contribution in [3.05, 3.63) is 35.9 Å². The number of rotatable bonds is 4. The maximum Gasteiger partial charge on any atom is 0.209 e. The zero-order valence-corrected chi connectivity index (χ0v) is 12.9. The van der Waals surface area contributed by atoms with Crippen LogP contribution < -0.4 is 10.6 Å². The fourth-order valence-electron chi connectivity index (χ4n) is 3.17. The van der Waals surface area contributed by atoms with Gasteiger partial charge in [0.05, 0.1) is 0 Å². The van der Waals surface area contributed by atoms with Crippen LogP contribution in [-0.4, -0.2) is 23.8 Å². The first kappa shape index (κ1) is 13.4. The van der Waals surface area contributed by atoms with Crippen molar-refractivity contribution < 1.29 is 0 Å². The quantitative estimate of drug-likeness (QED) is 0.940. The van der Waals surface area contributed by atoms with Gasteiger partial charge < -0.3 is 10.6 Å². The van der Waals surface area contributed by atoms with Crippen molar-refractivity contribution in [1.29, 1.82) is 0 Å². The highest BCUT2D eigenvalue weighted by molar-refractivity contribution is 7.18. The summed E-state index contributed by atoms with van der Waals surface area (Å²) < 4.78 is 0. The Bertz CT molecular complexity index is 607. The van der Waals surface area contributed by atoms with E-state index in [-0.39, 0.29) is 5.41 Å². The summed E-state index contributed by atoms with van der Waals surface area (Å²) in [5.41, 5.74) is 7.61. The molecule has 0 amide bonds. The number of benzene rings is 1. The Morgan fingerprint density at radius 2 is 1.90 bits per heavy atom. The Morgan fingerprint density at radius 1 is 1.25 bits per heavy atom. The van der Waals surface area contributed by atoms with Crippen molar-refractivity contribution in [2.24, 2.45) is 5.41 Å². The molecule has 0 spiro atoms. The van der Waals surface area contributed by atoms with Gasteiger partial charge in [0.25, 0.3) is 0 Å². The smallest absolute Gasteiger partial charge is 0.209 e. The minimum absolute atomic E-state index is 0.198. The highest BCUT2D eigenvalue weighted by Crippen LogP contribution is 2.64. The third kappa shape index (κ3) is 2.06. The molecule has 1 aliphatic rings. The predicted octanol–water partition coefficient (Wildman–Crippen LogP) is 2.92. The maximum atomic E-state index is 5.68. The Balaban J connectivity index is 1.87. The number of hydrogen-bond donors (Lipinski definition) is 1. The van der Waals surface area contributed by atoms with Crippen LogP contribution in [0.25, 0.3) is 0 Å². The summed E-state index contributed by atoms with van der Waals surface area (Å²) in [7, 11) is 2.07. The second-order valence-electron chi connectivity index (χ2n) is 6.29. The average molecular weight is 288 g/mol. The summed E-state index contributed by atoms with van der Waals surface area (Å²) in [4.78, 5) is 2.18. The summed E-state index contributed by atoms with van der Waals surface area (Å²) >= 11 is 1.44. The Kier molecular flexibility index (Phi) is 2.97. The molecule has 4 nitrogen and oxygen atoms in total. The number of likely N-dealkylation sites (N-methyl/N-ethyl adjacent to an activating group) is 1. The van der Waals surface area contributed by atoms with E-state index in [0.717, 1.165) is 11.7 Å². The largest absolute Gasteiger partial charge is 0.374 e. The van der Waals surface area contributed by atoms with Crippen molar-refractivity contribution in [3.8, 4) is 0 Å². The van der Waals surface area contributed by atoms with Crippen LogP contribution >= 0.6 is 11.3 Å². The van der Waals surface area contributed by atoms with Gasteiger partial charge in [-0.1, -0.05) is 55.5 Å². The van der Waals surface area contributed by atoms with E-state index in [1.165, 1.54) is 23.3 Å². The van der Waals surface area contributed by atoms with Crippen LogP contribution in [0.1, 0.15) is 25.8 Å². The molecule has 0 saturated heterocycles. The fourth-order valence-corrected chi connectivity index (χ4v) is 3.75. The molecule has 106 valence electrons. The second kappa shape index (κ2) is 4.45. The lowest BCUT2D eigenvalue weighted by atomic mass is 9.87. The first-order chi connectivity index (χ1) is 9.45. The first-order valence-electron chi connectivity index (χ1n) is 6.80. The van der Waals surface area contributed by atoms with E-state index in [0.29, 0.717) is 10.5 Å². The van der Waals surface area contributed by atoms with Crippen LogP contribution in [0, 0.1) is 5.41 Å². The van der Waals surface area contributed by atoms with Crippen LogP contribution in [0.5, 0.6) is 0 Å². The molecule has 20 heavy (non-hydrogen) atoms. The van der Waals surface area contributed by atoms with E-state index in [1.54, 1.807) is 0 Å². The van der Waals surface area contributed by atoms with Crippen LogP contribution in [-0.2, 0) is 5.41 Å². The average Bonchev–Trinajstić information content (AvgIpc) is 2.76. The van der Waals surface area contributed by atoms with Crippen molar-refractivity contribution in [3.63, 3.8) is 0 Å². The van der Waals surface area contributed by atoms with E-state index < -0.39 is 0 Å². The van der Waals surface area contributed by atoms with Gasteiger partial charge in [-0.05, 0) is 17.4 Å². The fraction of sp³-hybridized carbons (Fsp3) is 0.467. The van der Waals surface area contributed by atoms with Crippen molar-refractivity contribution in [2.75, 3.05) is 24.2 Å². The summed E-state index contributed by atoms with van der Waals surface area (Å²) in [6.45, 7) is 5.61. The molecule has 0 aliphatic heterocycles. The van der Waals surface area contributed by atoms with Gasteiger partial charge in [-0.3, -0.25) is 0 Å². The summed E-state index contributed by atoms with van der Waals surface area (Å²) in [6, 6.07) is 10.8. The molecule has 3 rings (SSSR count). The molecule has 2 N–H and O–H groups in total. The van der Waals surface area contributed by atoms with E-state index in [9.17, 15) is 0 Å². The molecule has 0 bridgehead atoms. The normalized spacial score (nSPS) is 23.6. The number of nitrogens with zero attached hydrogens (tertiary/aromatic N) is 3. The topological polar surface area (TPSA) is 55.0 Å². The minimum Gasteiger partial charge on any atom is -0.374 e. The summed E-state index contributed by atoms with van der Waals surface area (Å²) in [5.74, 6) is 0. The number of aromatic nitrogens is 2. The molecular weight excluding hydrogens is 268 g/mol. The van der Waals surface area contributed by atoms with Crippen LogP contribution in [0.15, 0.2) is 30.3 Å². The lowest BCUT2D eigenvalue weighted by Crippen LogP contribution is -2.32. The van der Waals surface area contributed by atoms with E-state index in [2.05, 4.69) is 66.3 Å². The molecule has 1 aliphatic carbocycles. The number of nitrogens with two attached hydrogens (primary N) is 1. The monoisotopic (exact) mass is 288 g/mol. The Hall–Kier alpha value is -1.62. The van der Waals surface area contributed by atoms with Gasteiger partial charge >= 0.3 is 0 Å². The molecule has 1 fully saturated rings. The number of anilines is 2. The van der Waals surface area contributed by atoms with Gasteiger partial charge in [-0.15, -0.1) is 10.2 Å². The van der Waals surface area contributed by atoms with Gasteiger partial charge in [0.15, 0.2) is 0 Å². The van der Waals surface area contributed by atoms with Gasteiger partial charge in [-0.2, -0.15) is 0 Å². The molecule has 5 heteroatoms. The van der Waals surface area contributed by atoms with Crippen molar-refractivity contribution >= 4 is 21.6 Å². The molecule has 1 aromatic heterocycles. The molecule has 1 saturated carbocycles. The molecular formula is C15H20N4S. The van der Waals surface area contributed by atoms with E-state index >= 15 is 0 Å². The molecule has 1 heterocycles. The maximum absolute atomic E-state index is 5.68. The van der Waals surface area contributed by atoms with Crippen molar-refractivity contribution in [1.82, 2.24) is 10.2 Å². The Labute approximate surface area is 123 Å². The molecule has 2 aromatic rings. The third-order valence-corrected chi connectivity index (χ3v) is 5.37. The molecule has 0 radical (unpaired) electrons. The van der Waals surface area contributed by atoms with Crippen LogP contribution in [0.3, 0.4) is 0 Å². The number of nitrogen functional groups attached to an aromatic ring is 1. The second-order valence-corrected chi connectivity index (χ2v) is 7.28. The Morgan fingerprint density at radius 3 is 2.40 bits per heavy atom. The SMILES string of the molecule is CN(CC1(c2ccccc2)CC1(C)C)c1nnc(N)s1. The highest BCUT2D eigenvalue weighted by Gasteiger charge is 2.62.